The van der Waals surface area contributed by atoms with E-state index in [1.54, 1.807) is 12.1 Å². The lowest BCUT2D eigenvalue weighted by Crippen LogP contribution is -2.44. The summed E-state index contributed by atoms with van der Waals surface area (Å²) in [7, 11) is 0. The largest absolute Gasteiger partial charge is 0.435 e. The third kappa shape index (κ3) is 3.40. The van der Waals surface area contributed by atoms with Gasteiger partial charge in [-0.1, -0.05) is 12.1 Å². The standard InChI is InChI=1S/C13H18F2N2O/c1-10(17-8-6-16-7-9-17)11-2-4-12(5-3-11)18-13(14)15/h2-5,10,13,16H,6-9H2,1H3/t10-/m0/s1. The lowest BCUT2D eigenvalue weighted by atomic mass is 10.1. The maximum absolute atomic E-state index is 12.0. The van der Waals surface area contributed by atoms with Crippen molar-refractivity contribution in [3.8, 4) is 5.75 Å². The summed E-state index contributed by atoms with van der Waals surface area (Å²) in [6, 6.07) is 7.20. The molecule has 0 bridgehead atoms. The second-order valence-electron chi connectivity index (χ2n) is 4.41. The zero-order chi connectivity index (χ0) is 13.0. The molecule has 1 aliphatic heterocycles. The van der Waals surface area contributed by atoms with Crippen molar-refractivity contribution >= 4 is 0 Å². The van der Waals surface area contributed by atoms with Crippen LogP contribution in [0, 0.1) is 0 Å². The molecule has 0 aliphatic carbocycles. The first-order valence-electron chi connectivity index (χ1n) is 6.16. The zero-order valence-electron chi connectivity index (χ0n) is 10.4. The molecule has 0 unspecified atom stereocenters. The van der Waals surface area contributed by atoms with Crippen LogP contribution in [0.2, 0.25) is 0 Å². The van der Waals surface area contributed by atoms with Gasteiger partial charge in [0.05, 0.1) is 0 Å². The average molecular weight is 256 g/mol. The number of benzene rings is 1. The van der Waals surface area contributed by atoms with Crippen LogP contribution in [-0.2, 0) is 0 Å². The Morgan fingerprint density at radius 2 is 1.78 bits per heavy atom. The number of nitrogens with one attached hydrogen (secondary N) is 1. The Balaban J connectivity index is 1.99. The van der Waals surface area contributed by atoms with Gasteiger partial charge in [0.15, 0.2) is 0 Å². The molecule has 1 fully saturated rings. The average Bonchev–Trinajstić information content (AvgIpc) is 2.39. The summed E-state index contributed by atoms with van der Waals surface area (Å²) in [6.07, 6.45) is 0. The molecule has 0 radical (unpaired) electrons. The van der Waals surface area contributed by atoms with Crippen molar-refractivity contribution in [1.82, 2.24) is 10.2 Å². The Morgan fingerprint density at radius 1 is 1.17 bits per heavy atom. The number of halogens is 2. The summed E-state index contributed by atoms with van der Waals surface area (Å²) in [6.45, 7) is 3.39. The van der Waals surface area contributed by atoms with E-state index >= 15 is 0 Å². The quantitative estimate of drug-likeness (QED) is 0.894. The van der Waals surface area contributed by atoms with Gasteiger partial charge in [0.1, 0.15) is 5.75 Å². The van der Waals surface area contributed by atoms with Crippen LogP contribution in [0.25, 0.3) is 0 Å². The Hall–Kier alpha value is -1.20. The van der Waals surface area contributed by atoms with E-state index in [0.717, 1.165) is 31.7 Å². The first-order valence-corrected chi connectivity index (χ1v) is 6.16. The van der Waals surface area contributed by atoms with Crippen molar-refractivity contribution in [2.24, 2.45) is 0 Å². The molecule has 1 aromatic rings. The highest BCUT2D eigenvalue weighted by Gasteiger charge is 2.17. The van der Waals surface area contributed by atoms with Crippen LogP contribution >= 0.6 is 0 Å². The summed E-state index contributed by atoms with van der Waals surface area (Å²) in [4.78, 5) is 2.37. The van der Waals surface area contributed by atoms with Crippen LogP contribution in [0.15, 0.2) is 24.3 Å². The third-order valence-corrected chi connectivity index (χ3v) is 3.29. The van der Waals surface area contributed by atoms with E-state index in [9.17, 15) is 8.78 Å². The second kappa shape index (κ2) is 6.11. The molecule has 0 aromatic heterocycles. The van der Waals surface area contributed by atoms with Gasteiger partial charge in [-0.05, 0) is 24.6 Å². The number of hydrogen-bond acceptors (Lipinski definition) is 3. The van der Waals surface area contributed by atoms with Gasteiger partial charge in [-0.3, -0.25) is 4.90 Å². The van der Waals surface area contributed by atoms with Crippen LogP contribution in [0.5, 0.6) is 5.75 Å². The molecular weight excluding hydrogens is 238 g/mol. The number of piperazine rings is 1. The van der Waals surface area contributed by atoms with Crippen LogP contribution in [0.4, 0.5) is 8.78 Å². The lowest BCUT2D eigenvalue weighted by molar-refractivity contribution is -0.0498. The first-order chi connectivity index (χ1) is 8.66. The van der Waals surface area contributed by atoms with E-state index in [1.165, 1.54) is 0 Å². The van der Waals surface area contributed by atoms with Crippen molar-refractivity contribution in [3.63, 3.8) is 0 Å². The number of alkyl halides is 2. The Kier molecular flexibility index (Phi) is 4.49. The first kappa shape index (κ1) is 13.2. The molecule has 0 spiro atoms. The van der Waals surface area contributed by atoms with Crippen LogP contribution < -0.4 is 10.1 Å². The summed E-state index contributed by atoms with van der Waals surface area (Å²) in [5, 5.41) is 3.31. The highest BCUT2D eigenvalue weighted by atomic mass is 19.3. The Labute approximate surface area is 106 Å². The number of nitrogens with zero attached hydrogens (tertiary/aromatic N) is 1. The van der Waals surface area contributed by atoms with Crippen molar-refractivity contribution in [3.05, 3.63) is 29.8 Å². The molecule has 0 saturated carbocycles. The minimum atomic E-state index is -2.76. The molecule has 1 N–H and O–H groups in total. The van der Waals surface area contributed by atoms with E-state index in [2.05, 4.69) is 21.9 Å². The van der Waals surface area contributed by atoms with Crippen LogP contribution in [-0.4, -0.2) is 37.7 Å². The van der Waals surface area contributed by atoms with Crippen molar-refractivity contribution in [2.75, 3.05) is 26.2 Å². The Bertz CT molecular complexity index is 364. The van der Waals surface area contributed by atoms with Gasteiger partial charge in [0.2, 0.25) is 0 Å². The third-order valence-electron chi connectivity index (χ3n) is 3.29. The Morgan fingerprint density at radius 3 is 2.33 bits per heavy atom. The minimum absolute atomic E-state index is 0.210. The van der Waals surface area contributed by atoms with Crippen LogP contribution in [0.1, 0.15) is 18.5 Å². The lowest BCUT2D eigenvalue weighted by Gasteiger charge is -2.33. The fourth-order valence-electron chi connectivity index (χ4n) is 2.21. The minimum Gasteiger partial charge on any atom is -0.435 e. The van der Waals surface area contributed by atoms with E-state index in [4.69, 9.17) is 0 Å². The second-order valence-corrected chi connectivity index (χ2v) is 4.41. The maximum atomic E-state index is 12.0. The van der Waals surface area contributed by atoms with Gasteiger partial charge in [-0.15, -0.1) is 0 Å². The maximum Gasteiger partial charge on any atom is 0.387 e. The molecule has 100 valence electrons. The van der Waals surface area contributed by atoms with Gasteiger partial charge in [0, 0.05) is 32.2 Å². The molecule has 1 saturated heterocycles. The van der Waals surface area contributed by atoms with Gasteiger partial charge in [0.25, 0.3) is 0 Å². The molecule has 5 heteroatoms. The van der Waals surface area contributed by atoms with Crippen LogP contribution in [0.3, 0.4) is 0 Å². The molecule has 0 amide bonds. The summed E-state index contributed by atoms with van der Waals surface area (Å²) < 4.78 is 28.4. The molecule has 2 rings (SSSR count). The predicted octanol–water partition coefficient (Wildman–Crippen LogP) is 2.25. The normalized spacial score (nSPS) is 18.9. The highest BCUT2D eigenvalue weighted by Crippen LogP contribution is 2.23. The molecule has 1 aromatic carbocycles. The van der Waals surface area contributed by atoms with Gasteiger partial charge in [-0.25, -0.2) is 0 Å². The van der Waals surface area contributed by atoms with Gasteiger partial charge in [-0.2, -0.15) is 8.78 Å². The van der Waals surface area contributed by atoms with E-state index in [1.807, 2.05) is 12.1 Å². The van der Waals surface area contributed by atoms with Crippen molar-refractivity contribution in [2.45, 2.75) is 19.6 Å². The number of hydrogen-bond donors (Lipinski definition) is 1. The predicted molar refractivity (Wildman–Crippen MR) is 65.9 cm³/mol. The molecule has 3 nitrogen and oxygen atoms in total. The SMILES string of the molecule is C[C@@H](c1ccc(OC(F)F)cc1)N1CCNCC1. The highest BCUT2D eigenvalue weighted by molar-refractivity contribution is 5.29. The molecule has 18 heavy (non-hydrogen) atoms. The molecule has 1 aliphatic rings. The molecule has 1 atom stereocenters. The molecular formula is C13H18F2N2O. The number of ether oxygens (including phenoxy) is 1. The van der Waals surface area contributed by atoms with E-state index < -0.39 is 6.61 Å². The fraction of sp³-hybridized carbons (Fsp3) is 0.538. The summed E-state index contributed by atoms with van der Waals surface area (Å²) in [5.41, 5.74) is 1.12. The zero-order valence-corrected chi connectivity index (χ0v) is 10.4. The van der Waals surface area contributed by atoms with Crippen molar-refractivity contribution < 1.29 is 13.5 Å². The monoisotopic (exact) mass is 256 g/mol. The van der Waals surface area contributed by atoms with Gasteiger partial charge < -0.3 is 10.1 Å². The molecule has 1 heterocycles. The number of rotatable bonds is 4. The van der Waals surface area contributed by atoms with Crippen molar-refractivity contribution in [1.29, 1.82) is 0 Å². The smallest absolute Gasteiger partial charge is 0.387 e. The fourth-order valence-corrected chi connectivity index (χ4v) is 2.21. The van der Waals surface area contributed by atoms with E-state index in [0.29, 0.717) is 6.04 Å². The summed E-state index contributed by atoms with van der Waals surface area (Å²) >= 11 is 0. The van der Waals surface area contributed by atoms with E-state index in [-0.39, 0.29) is 5.75 Å². The van der Waals surface area contributed by atoms with Gasteiger partial charge >= 0.3 is 6.61 Å². The summed E-state index contributed by atoms with van der Waals surface area (Å²) in [5.74, 6) is 0.210. The topological polar surface area (TPSA) is 24.5 Å².